The fourth-order valence-electron chi connectivity index (χ4n) is 2.53. The molecule has 1 atom stereocenters. The molecule has 0 bridgehead atoms. The summed E-state index contributed by atoms with van der Waals surface area (Å²) in [5.74, 6) is 0. The fourth-order valence-corrected chi connectivity index (χ4v) is 3.97. The molecule has 0 aliphatic carbocycles. The van der Waals surface area contributed by atoms with Crippen LogP contribution in [-0.2, 0) is 17.8 Å². The summed E-state index contributed by atoms with van der Waals surface area (Å²) in [6, 6.07) is 7.51. The number of nitrogens with zero attached hydrogens (tertiary/aromatic N) is 1. The third kappa shape index (κ3) is 7.60. The number of thiophene rings is 2. The van der Waals surface area contributed by atoms with Crippen molar-refractivity contribution in [2.24, 2.45) is 0 Å². The van der Waals surface area contributed by atoms with Crippen LogP contribution in [0.4, 0.5) is 9.59 Å². The van der Waals surface area contributed by atoms with Crippen LogP contribution in [-0.4, -0.2) is 36.7 Å². The Morgan fingerprint density at radius 3 is 2.26 bits per heavy atom. The SMILES string of the molecule is CCCC[C@H](COC(=O)N(Cc1cccs1)Cc1cccs1)NC(=O)NC. The van der Waals surface area contributed by atoms with E-state index in [0.717, 1.165) is 29.0 Å². The first kappa shape index (κ1) is 21.2. The molecule has 0 aliphatic rings. The third-order valence-electron chi connectivity index (χ3n) is 3.99. The highest BCUT2D eigenvalue weighted by Crippen LogP contribution is 2.18. The summed E-state index contributed by atoms with van der Waals surface area (Å²) in [6.07, 6.45) is 2.38. The van der Waals surface area contributed by atoms with Crippen molar-refractivity contribution in [1.82, 2.24) is 15.5 Å². The Morgan fingerprint density at radius 2 is 1.78 bits per heavy atom. The zero-order valence-corrected chi connectivity index (χ0v) is 17.4. The molecule has 0 spiro atoms. The van der Waals surface area contributed by atoms with Gasteiger partial charge in [-0.05, 0) is 29.3 Å². The third-order valence-corrected chi connectivity index (χ3v) is 5.71. The molecular formula is C19H27N3O3S2. The molecule has 2 aromatic heterocycles. The lowest BCUT2D eigenvalue weighted by atomic mass is 10.1. The van der Waals surface area contributed by atoms with Gasteiger partial charge in [0.1, 0.15) is 6.61 Å². The van der Waals surface area contributed by atoms with E-state index in [2.05, 4.69) is 17.6 Å². The average molecular weight is 410 g/mol. The normalized spacial score (nSPS) is 11.6. The molecule has 0 unspecified atom stereocenters. The Bertz CT molecular complexity index is 638. The minimum Gasteiger partial charge on any atom is -0.447 e. The van der Waals surface area contributed by atoms with Crippen LogP contribution >= 0.6 is 22.7 Å². The van der Waals surface area contributed by atoms with Crippen LogP contribution in [0.15, 0.2) is 35.0 Å². The van der Waals surface area contributed by atoms with Gasteiger partial charge in [-0.25, -0.2) is 9.59 Å². The second-order valence-corrected chi connectivity index (χ2v) is 8.22. The van der Waals surface area contributed by atoms with E-state index in [1.54, 1.807) is 34.6 Å². The molecule has 0 aliphatic heterocycles. The van der Waals surface area contributed by atoms with Crippen LogP contribution in [0.1, 0.15) is 35.9 Å². The summed E-state index contributed by atoms with van der Waals surface area (Å²) in [4.78, 5) is 28.2. The molecule has 2 N–H and O–H groups in total. The highest BCUT2D eigenvalue weighted by molar-refractivity contribution is 7.10. The molecule has 2 heterocycles. The van der Waals surface area contributed by atoms with Crippen molar-refractivity contribution in [2.75, 3.05) is 13.7 Å². The van der Waals surface area contributed by atoms with Gasteiger partial charge in [-0.1, -0.05) is 31.9 Å². The van der Waals surface area contributed by atoms with Crippen molar-refractivity contribution in [3.05, 3.63) is 44.8 Å². The predicted octanol–water partition coefficient (Wildman–Crippen LogP) is 4.44. The van der Waals surface area contributed by atoms with Crippen molar-refractivity contribution >= 4 is 34.8 Å². The number of amides is 3. The van der Waals surface area contributed by atoms with E-state index in [0.29, 0.717) is 13.1 Å². The number of nitrogens with one attached hydrogen (secondary N) is 2. The Kier molecular flexibility index (Phi) is 9.13. The number of hydrogen-bond donors (Lipinski definition) is 2. The summed E-state index contributed by atoms with van der Waals surface area (Å²) in [5, 5.41) is 9.38. The van der Waals surface area contributed by atoms with Crippen LogP contribution in [0.25, 0.3) is 0 Å². The Balaban J connectivity index is 1.96. The maximum absolute atomic E-state index is 12.7. The second kappa shape index (κ2) is 11.6. The van der Waals surface area contributed by atoms with Gasteiger partial charge in [-0.15, -0.1) is 22.7 Å². The van der Waals surface area contributed by atoms with E-state index >= 15 is 0 Å². The molecule has 0 fully saturated rings. The summed E-state index contributed by atoms with van der Waals surface area (Å²) in [5.41, 5.74) is 0. The minimum atomic E-state index is -0.364. The molecule has 8 heteroatoms. The van der Waals surface area contributed by atoms with Gasteiger partial charge in [-0.3, -0.25) is 4.90 Å². The lowest BCUT2D eigenvalue weighted by Gasteiger charge is -2.23. The number of hydrogen-bond acceptors (Lipinski definition) is 5. The first-order valence-corrected chi connectivity index (χ1v) is 10.8. The molecule has 3 amide bonds. The van der Waals surface area contributed by atoms with E-state index in [1.807, 2.05) is 35.0 Å². The van der Waals surface area contributed by atoms with Gasteiger partial charge in [-0.2, -0.15) is 0 Å². The summed E-state index contributed by atoms with van der Waals surface area (Å²) in [6.45, 7) is 3.28. The summed E-state index contributed by atoms with van der Waals surface area (Å²) < 4.78 is 5.56. The maximum atomic E-state index is 12.7. The number of ether oxygens (including phenoxy) is 1. The maximum Gasteiger partial charge on any atom is 0.410 e. The van der Waals surface area contributed by atoms with Gasteiger partial charge in [0.15, 0.2) is 0 Å². The standard InChI is InChI=1S/C19H27N3O3S2/c1-3-4-7-15(21-18(23)20-2)14-25-19(24)22(12-16-8-5-10-26-16)13-17-9-6-11-27-17/h5-6,8-11,15H,3-4,7,12-14H2,1-2H3,(H2,20,21,23)/t15-/m1/s1. The van der Waals surface area contributed by atoms with Gasteiger partial charge in [0.05, 0.1) is 19.1 Å². The number of carbonyl (C=O) groups excluding carboxylic acids is 2. The van der Waals surface area contributed by atoms with Crippen molar-refractivity contribution in [3.63, 3.8) is 0 Å². The number of carbonyl (C=O) groups is 2. The molecule has 6 nitrogen and oxygen atoms in total. The number of urea groups is 1. The van der Waals surface area contributed by atoms with Gasteiger partial charge in [0, 0.05) is 16.8 Å². The van der Waals surface area contributed by atoms with Crippen molar-refractivity contribution < 1.29 is 14.3 Å². The molecule has 148 valence electrons. The van der Waals surface area contributed by atoms with Gasteiger partial charge in [0.25, 0.3) is 0 Å². The zero-order chi connectivity index (χ0) is 19.5. The monoisotopic (exact) mass is 409 g/mol. The predicted molar refractivity (Wildman–Crippen MR) is 110 cm³/mol. The van der Waals surface area contributed by atoms with Gasteiger partial charge in [0.2, 0.25) is 0 Å². The van der Waals surface area contributed by atoms with E-state index in [9.17, 15) is 9.59 Å². The Morgan fingerprint density at radius 1 is 1.15 bits per heavy atom. The molecule has 0 saturated carbocycles. The molecule has 0 radical (unpaired) electrons. The van der Waals surface area contributed by atoms with Crippen LogP contribution in [0.3, 0.4) is 0 Å². The largest absolute Gasteiger partial charge is 0.447 e. The topological polar surface area (TPSA) is 70.7 Å². The lowest BCUT2D eigenvalue weighted by molar-refractivity contribution is 0.0881. The summed E-state index contributed by atoms with van der Waals surface area (Å²) in [7, 11) is 1.57. The molecule has 0 aromatic carbocycles. The molecular weight excluding hydrogens is 382 g/mol. The van der Waals surface area contributed by atoms with E-state index < -0.39 is 0 Å². The number of rotatable bonds is 10. The quantitative estimate of drug-likeness (QED) is 0.610. The average Bonchev–Trinajstić information content (AvgIpc) is 3.37. The van der Waals surface area contributed by atoms with Crippen LogP contribution in [0.2, 0.25) is 0 Å². The van der Waals surface area contributed by atoms with Crippen molar-refractivity contribution in [2.45, 2.75) is 45.3 Å². The zero-order valence-electron chi connectivity index (χ0n) is 15.8. The fraction of sp³-hybridized carbons (Fsp3) is 0.474. The Hall–Kier alpha value is -2.06. The minimum absolute atomic E-state index is 0.164. The lowest BCUT2D eigenvalue weighted by Crippen LogP contribution is -2.44. The highest BCUT2D eigenvalue weighted by atomic mass is 32.1. The van der Waals surface area contributed by atoms with E-state index in [4.69, 9.17) is 4.74 Å². The Labute approximate surface area is 168 Å². The van der Waals surface area contributed by atoms with E-state index in [1.165, 1.54) is 0 Å². The van der Waals surface area contributed by atoms with Crippen LogP contribution < -0.4 is 10.6 Å². The first-order valence-electron chi connectivity index (χ1n) is 9.07. The molecule has 27 heavy (non-hydrogen) atoms. The van der Waals surface area contributed by atoms with Gasteiger partial charge < -0.3 is 15.4 Å². The smallest absolute Gasteiger partial charge is 0.410 e. The summed E-state index contributed by atoms with van der Waals surface area (Å²) >= 11 is 3.23. The second-order valence-electron chi connectivity index (χ2n) is 6.15. The molecule has 0 saturated heterocycles. The molecule has 2 aromatic rings. The van der Waals surface area contributed by atoms with E-state index in [-0.39, 0.29) is 24.8 Å². The first-order chi connectivity index (χ1) is 13.1. The highest BCUT2D eigenvalue weighted by Gasteiger charge is 2.20. The van der Waals surface area contributed by atoms with Gasteiger partial charge >= 0.3 is 12.1 Å². The van der Waals surface area contributed by atoms with Crippen molar-refractivity contribution in [3.8, 4) is 0 Å². The van der Waals surface area contributed by atoms with Crippen LogP contribution in [0, 0.1) is 0 Å². The molecule has 2 rings (SSSR count). The van der Waals surface area contributed by atoms with Crippen LogP contribution in [0.5, 0.6) is 0 Å². The van der Waals surface area contributed by atoms with Crippen molar-refractivity contribution in [1.29, 1.82) is 0 Å². The number of unbranched alkanes of at least 4 members (excludes halogenated alkanes) is 1.